The van der Waals surface area contributed by atoms with Gasteiger partial charge in [0.25, 0.3) is 0 Å². The molecule has 4 heteroatoms. The van der Waals surface area contributed by atoms with Crippen LogP contribution in [0.25, 0.3) is 0 Å². The minimum Gasteiger partial charge on any atom is -0.330 e. The summed E-state index contributed by atoms with van der Waals surface area (Å²) in [5.74, 6) is -1.28. The Bertz CT molecular complexity index is 141. The summed E-state index contributed by atoms with van der Waals surface area (Å²) in [6, 6.07) is 0. The first-order chi connectivity index (χ1) is 5.68. The van der Waals surface area contributed by atoms with Gasteiger partial charge in [0.2, 0.25) is 0 Å². The van der Waals surface area contributed by atoms with Crippen molar-refractivity contribution in [2.75, 3.05) is 6.54 Å². The average Bonchev–Trinajstić information content (AvgIpc) is 2.03. The van der Waals surface area contributed by atoms with Crippen LogP contribution in [0.4, 0.5) is 13.2 Å². The zero-order valence-electron chi connectivity index (χ0n) is 6.95. The molecule has 0 rings (SSSR count). The van der Waals surface area contributed by atoms with Gasteiger partial charge in [-0.25, -0.2) is 4.39 Å². The maximum absolute atomic E-state index is 12.1. The van der Waals surface area contributed by atoms with Gasteiger partial charge < -0.3 is 5.73 Å². The van der Waals surface area contributed by atoms with Gasteiger partial charge in [0.1, 0.15) is 0 Å². The van der Waals surface area contributed by atoms with Crippen LogP contribution < -0.4 is 5.73 Å². The Kier molecular flexibility index (Phi) is 6.85. The van der Waals surface area contributed by atoms with Crippen molar-refractivity contribution in [3.05, 3.63) is 11.9 Å². The summed E-state index contributed by atoms with van der Waals surface area (Å²) >= 11 is 0. The van der Waals surface area contributed by atoms with E-state index in [0.29, 0.717) is 13.0 Å². The molecule has 0 amide bonds. The monoisotopic (exact) mass is 181 g/mol. The smallest absolute Gasteiger partial charge is 0.301 e. The fourth-order valence-corrected chi connectivity index (χ4v) is 0.873. The van der Waals surface area contributed by atoms with Crippen molar-refractivity contribution in [3.8, 4) is 0 Å². The Morgan fingerprint density at radius 3 is 2.00 bits per heavy atom. The molecule has 12 heavy (non-hydrogen) atoms. The van der Waals surface area contributed by atoms with E-state index in [2.05, 4.69) is 0 Å². The molecule has 0 spiro atoms. The van der Waals surface area contributed by atoms with Crippen LogP contribution in [0.15, 0.2) is 11.9 Å². The van der Waals surface area contributed by atoms with Crippen LogP contribution >= 0.6 is 0 Å². The molecule has 0 unspecified atom stereocenters. The molecule has 1 nitrogen and oxygen atoms in total. The van der Waals surface area contributed by atoms with Crippen molar-refractivity contribution >= 4 is 0 Å². The maximum atomic E-state index is 12.1. The summed E-state index contributed by atoms with van der Waals surface area (Å²) in [5, 5.41) is 0. The molecule has 0 saturated heterocycles. The first kappa shape index (κ1) is 11.5. The molecule has 0 aliphatic rings. The average molecular weight is 181 g/mol. The molecule has 0 aliphatic heterocycles. The molecule has 0 aliphatic carbocycles. The van der Waals surface area contributed by atoms with E-state index in [9.17, 15) is 13.2 Å². The summed E-state index contributed by atoms with van der Waals surface area (Å²) < 4.78 is 35.1. The molecular weight excluding hydrogens is 167 g/mol. The first-order valence-electron chi connectivity index (χ1n) is 4.08. The molecule has 0 aromatic heterocycles. The van der Waals surface area contributed by atoms with E-state index < -0.39 is 11.9 Å². The largest absolute Gasteiger partial charge is 0.330 e. The molecule has 0 bridgehead atoms. The van der Waals surface area contributed by atoms with E-state index in [1.165, 1.54) is 0 Å². The van der Waals surface area contributed by atoms with Crippen LogP contribution in [-0.4, -0.2) is 6.54 Å². The molecule has 0 radical (unpaired) electrons. The van der Waals surface area contributed by atoms with Gasteiger partial charge in [-0.05, 0) is 19.4 Å². The van der Waals surface area contributed by atoms with E-state index in [0.717, 1.165) is 19.3 Å². The third kappa shape index (κ3) is 6.22. The van der Waals surface area contributed by atoms with Crippen molar-refractivity contribution in [3.63, 3.8) is 0 Å². The van der Waals surface area contributed by atoms with Gasteiger partial charge in [-0.3, -0.25) is 0 Å². The lowest BCUT2D eigenvalue weighted by atomic mass is 10.1. The Balaban J connectivity index is 3.26. The minimum absolute atomic E-state index is 0.146. The quantitative estimate of drug-likeness (QED) is 0.626. The second kappa shape index (κ2) is 7.16. The number of nitrogens with two attached hydrogens (primary N) is 1. The van der Waals surface area contributed by atoms with Crippen molar-refractivity contribution in [1.29, 1.82) is 0 Å². The highest BCUT2D eigenvalue weighted by Crippen LogP contribution is 2.16. The van der Waals surface area contributed by atoms with Crippen LogP contribution in [0.1, 0.15) is 32.1 Å². The summed E-state index contributed by atoms with van der Waals surface area (Å²) in [4.78, 5) is 0. The second-order valence-electron chi connectivity index (χ2n) is 2.62. The zero-order chi connectivity index (χ0) is 9.40. The number of unbranched alkanes of at least 4 members (excludes halogenated alkanes) is 3. The van der Waals surface area contributed by atoms with E-state index in [1.54, 1.807) is 0 Å². The third-order valence-electron chi connectivity index (χ3n) is 1.56. The fraction of sp³-hybridized carbons (Fsp3) is 0.750. The normalized spacial score (nSPS) is 10.0. The van der Waals surface area contributed by atoms with Gasteiger partial charge in [0.05, 0.1) is 0 Å². The number of allylic oxidation sites excluding steroid dienone is 1. The molecule has 0 heterocycles. The Morgan fingerprint density at radius 2 is 1.50 bits per heavy atom. The number of hydrogen-bond donors (Lipinski definition) is 1. The fourth-order valence-electron chi connectivity index (χ4n) is 0.873. The highest BCUT2D eigenvalue weighted by molar-refractivity contribution is 4.90. The third-order valence-corrected chi connectivity index (χ3v) is 1.56. The SMILES string of the molecule is NCCCCCCC(F)=C(F)F. The molecule has 0 saturated carbocycles. The number of rotatable bonds is 6. The van der Waals surface area contributed by atoms with Crippen LogP contribution in [0.3, 0.4) is 0 Å². The maximum Gasteiger partial charge on any atom is 0.301 e. The van der Waals surface area contributed by atoms with Crippen LogP contribution in [-0.2, 0) is 0 Å². The van der Waals surface area contributed by atoms with Crippen molar-refractivity contribution in [2.24, 2.45) is 5.73 Å². The molecule has 2 N–H and O–H groups in total. The Morgan fingerprint density at radius 1 is 0.917 bits per heavy atom. The summed E-state index contributed by atoms with van der Waals surface area (Å²) in [6.07, 6.45) is 0.670. The molecule has 72 valence electrons. The summed E-state index contributed by atoms with van der Waals surface area (Å²) in [7, 11) is 0. The second-order valence-corrected chi connectivity index (χ2v) is 2.62. The minimum atomic E-state index is -2.19. The molecular formula is C8H14F3N. The molecule has 0 aromatic carbocycles. The lowest BCUT2D eigenvalue weighted by Crippen LogP contribution is -1.97. The molecule has 0 atom stereocenters. The lowest BCUT2D eigenvalue weighted by Gasteiger charge is -1.97. The highest BCUT2D eigenvalue weighted by Gasteiger charge is 2.03. The van der Waals surface area contributed by atoms with Gasteiger partial charge in [-0.1, -0.05) is 12.8 Å². The van der Waals surface area contributed by atoms with Gasteiger partial charge >= 0.3 is 6.08 Å². The predicted molar refractivity (Wildman–Crippen MR) is 42.5 cm³/mol. The van der Waals surface area contributed by atoms with E-state index >= 15 is 0 Å². The number of hydrogen-bond acceptors (Lipinski definition) is 1. The summed E-state index contributed by atoms with van der Waals surface area (Å²) in [5.41, 5.74) is 5.22. The van der Waals surface area contributed by atoms with Gasteiger partial charge in [-0.15, -0.1) is 0 Å². The van der Waals surface area contributed by atoms with Crippen molar-refractivity contribution in [2.45, 2.75) is 32.1 Å². The van der Waals surface area contributed by atoms with Gasteiger partial charge in [-0.2, -0.15) is 8.78 Å². The highest BCUT2D eigenvalue weighted by atomic mass is 19.3. The van der Waals surface area contributed by atoms with Crippen LogP contribution in [0.2, 0.25) is 0 Å². The first-order valence-corrected chi connectivity index (χ1v) is 4.08. The summed E-state index contributed by atoms with van der Waals surface area (Å²) in [6.45, 7) is 0.607. The topological polar surface area (TPSA) is 26.0 Å². The predicted octanol–water partition coefficient (Wildman–Crippen LogP) is 2.97. The van der Waals surface area contributed by atoms with E-state index in [-0.39, 0.29) is 6.42 Å². The zero-order valence-corrected chi connectivity index (χ0v) is 6.95. The molecule has 0 aromatic rings. The van der Waals surface area contributed by atoms with Gasteiger partial charge in [0.15, 0.2) is 5.83 Å². The standard InChI is InChI=1S/C8H14F3N/c9-7(8(10)11)5-3-1-2-4-6-12/h1-6,12H2. The van der Waals surface area contributed by atoms with E-state index in [1.807, 2.05) is 0 Å². The number of halogens is 3. The van der Waals surface area contributed by atoms with Gasteiger partial charge in [0, 0.05) is 6.42 Å². The lowest BCUT2D eigenvalue weighted by molar-refractivity contribution is 0.367. The Hall–Kier alpha value is -0.510. The van der Waals surface area contributed by atoms with Crippen LogP contribution in [0, 0.1) is 0 Å². The van der Waals surface area contributed by atoms with Crippen LogP contribution in [0.5, 0.6) is 0 Å². The van der Waals surface area contributed by atoms with Crippen molar-refractivity contribution in [1.82, 2.24) is 0 Å². The molecule has 0 fully saturated rings. The van der Waals surface area contributed by atoms with E-state index in [4.69, 9.17) is 5.73 Å². The van der Waals surface area contributed by atoms with Crippen molar-refractivity contribution < 1.29 is 13.2 Å². The Labute approximate surface area is 70.4 Å².